The molecule has 0 spiro atoms. The molecule has 0 radical (unpaired) electrons. The molecule has 2 heterocycles. The van der Waals surface area contributed by atoms with E-state index < -0.39 is 17.8 Å². The monoisotopic (exact) mass is 441 g/mol. The number of rotatable bonds is 4. The molecular weight excluding hydrogens is 419 g/mol. The van der Waals surface area contributed by atoms with Gasteiger partial charge in [-0.2, -0.15) is 13.2 Å². The lowest BCUT2D eigenvalue weighted by Gasteiger charge is -2.28. The molecule has 166 valence electrons. The SMILES string of the molecule is O=C(Nc1ccc(C(F)(F)F)cc1)Nc1cccc(-c2nccnc2N2CCCCC2)c1. The van der Waals surface area contributed by atoms with Gasteiger partial charge in [-0.3, -0.25) is 4.98 Å². The first-order valence-electron chi connectivity index (χ1n) is 10.3. The Morgan fingerprint density at radius 1 is 0.875 bits per heavy atom. The molecule has 0 atom stereocenters. The Labute approximate surface area is 183 Å². The normalized spacial score (nSPS) is 14.2. The maximum atomic E-state index is 12.7. The lowest BCUT2D eigenvalue weighted by Crippen LogP contribution is -2.30. The number of carbonyl (C=O) groups is 1. The van der Waals surface area contributed by atoms with Gasteiger partial charge in [0.15, 0.2) is 5.82 Å². The van der Waals surface area contributed by atoms with Crippen LogP contribution in [-0.4, -0.2) is 29.1 Å². The van der Waals surface area contributed by atoms with Gasteiger partial charge in [0.2, 0.25) is 0 Å². The molecule has 1 saturated heterocycles. The van der Waals surface area contributed by atoms with Gasteiger partial charge in [0, 0.05) is 42.4 Å². The summed E-state index contributed by atoms with van der Waals surface area (Å²) in [6.07, 6.45) is 2.32. The van der Waals surface area contributed by atoms with Gasteiger partial charge < -0.3 is 15.5 Å². The van der Waals surface area contributed by atoms with Crippen molar-refractivity contribution in [3.8, 4) is 11.3 Å². The number of halogens is 3. The fourth-order valence-corrected chi connectivity index (χ4v) is 3.65. The summed E-state index contributed by atoms with van der Waals surface area (Å²) < 4.78 is 38.0. The summed E-state index contributed by atoms with van der Waals surface area (Å²) in [5.74, 6) is 0.818. The van der Waals surface area contributed by atoms with Crippen LogP contribution in [0.25, 0.3) is 11.3 Å². The van der Waals surface area contributed by atoms with Crippen molar-refractivity contribution >= 4 is 23.2 Å². The Hall–Kier alpha value is -3.62. The minimum atomic E-state index is -4.42. The number of urea groups is 1. The highest BCUT2D eigenvalue weighted by atomic mass is 19.4. The predicted octanol–water partition coefficient (Wildman–Crippen LogP) is 5.80. The van der Waals surface area contributed by atoms with Crippen molar-refractivity contribution in [1.29, 1.82) is 0 Å². The fourth-order valence-electron chi connectivity index (χ4n) is 3.65. The number of hydrogen-bond donors (Lipinski definition) is 2. The first-order chi connectivity index (χ1) is 15.4. The Morgan fingerprint density at radius 2 is 1.56 bits per heavy atom. The van der Waals surface area contributed by atoms with Gasteiger partial charge in [-0.05, 0) is 55.7 Å². The zero-order chi connectivity index (χ0) is 22.6. The van der Waals surface area contributed by atoms with Crippen LogP contribution in [0.2, 0.25) is 0 Å². The van der Waals surface area contributed by atoms with E-state index >= 15 is 0 Å². The number of aromatic nitrogens is 2. The molecule has 2 aromatic carbocycles. The summed E-state index contributed by atoms with van der Waals surface area (Å²) in [6, 6.07) is 10.9. The molecule has 1 aromatic heterocycles. The third-order valence-electron chi connectivity index (χ3n) is 5.20. The maximum absolute atomic E-state index is 12.7. The van der Waals surface area contributed by atoms with Crippen molar-refractivity contribution in [3.05, 3.63) is 66.5 Å². The van der Waals surface area contributed by atoms with Crippen molar-refractivity contribution in [2.75, 3.05) is 28.6 Å². The summed E-state index contributed by atoms with van der Waals surface area (Å²) in [5.41, 5.74) is 1.56. The van der Waals surface area contributed by atoms with Gasteiger partial charge in [-0.15, -0.1) is 0 Å². The fraction of sp³-hybridized carbons (Fsp3) is 0.261. The Balaban J connectivity index is 1.47. The van der Waals surface area contributed by atoms with Gasteiger partial charge in [-0.25, -0.2) is 9.78 Å². The van der Waals surface area contributed by atoms with E-state index in [1.807, 2.05) is 6.07 Å². The van der Waals surface area contributed by atoms with Crippen LogP contribution >= 0.6 is 0 Å². The number of anilines is 3. The lowest BCUT2D eigenvalue weighted by atomic mass is 10.1. The molecule has 9 heteroatoms. The number of nitrogens with one attached hydrogen (secondary N) is 2. The van der Waals surface area contributed by atoms with Crippen LogP contribution in [0.4, 0.5) is 35.2 Å². The first kappa shape index (κ1) is 21.6. The number of carbonyl (C=O) groups excluding carboxylic acids is 1. The topological polar surface area (TPSA) is 70.1 Å². The molecular formula is C23H22F3N5O. The van der Waals surface area contributed by atoms with Crippen LogP contribution in [0, 0.1) is 0 Å². The van der Waals surface area contributed by atoms with Crippen LogP contribution < -0.4 is 15.5 Å². The summed E-state index contributed by atoms with van der Waals surface area (Å²) in [4.78, 5) is 23.6. The van der Waals surface area contributed by atoms with E-state index in [2.05, 4.69) is 25.5 Å². The minimum Gasteiger partial charge on any atom is -0.355 e. The van der Waals surface area contributed by atoms with Gasteiger partial charge in [0.25, 0.3) is 0 Å². The van der Waals surface area contributed by atoms with E-state index in [0.29, 0.717) is 5.69 Å². The molecule has 0 saturated carbocycles. The molecule has 1 aliphatic rings. The molecule has 0 bridgehead atoms. The van der Waals surface area contributed by atoms with Crippen LogP contribution in [-0.2, 0) is 6.18 Å². The van der Waals surface area contributed by atoms with Gasteiger partial charge in [0.05, 0.1) is 5.56 Å². The molecule has 0 unspecified atom stereocenters. The Kier molecular flexibility index (Phi) is 6.25. The number of benzene rings is 2. The van der Waals surface area contributed by atoms with Gasteiger partial charge in [-0.1, -0.05) is 12.1 Å². The minimum absolute atomic E-state index is 0.257. The zero-order valence-electron chi connectivity index (χ0n) is 17.2. The highest BCUT2D eigenvalue weighted by Crippen LogP contribution is 2.31. The molecule has 1 aliphatic heterocycles. The van der Waals surface area contributed by atoms with Crippen molar-refractivity contribution in [2.24, 2.45) is 0 Å². The maximum Gasteiger partial charge on any atom is 0.416 e. The molecule has 0 aliphatic carbocycles. The van der Waals surface area contributed by atoms with Crippen LogP contribution in [0.5, 0.6) is 0 Å². The second kappa shape index (κ2) is 9.25. The van der Waals surface area contributed by atoms with E-state index in [4.69, 9.17) is 0 Å². The number of alkyl halides is 3. The van der Waals surface area contributed by atoms with Crippen molar-refractivity contribution in [1.82, 2.24) is 9.97 Å². The largest absolute Gasteiger partial charge is 0.416 e. The molecule has 32 heavy (non-hydrogen) atoms. The van der Waals surface area contributed by atoms with Crippen LogP contribution in [0.3, 0.4) is 0 Å². The van der Waals surface area contributed by atoms with Crippen molar-refractivity contribution < 1.29 is 18.0 Å². The highest BCUT2D eigenvalue weighted by molar-refractivity contribution is 6.00. The molecule has 2 amide bonds. The molecule has 1 fully saturated rings. The predicted molar refractivity (Wildman–Crippen MR) is 118 cm³/mol. The zero-order valence-corrected chi connectivity index (χ0v) is 17.2. The number of amides is 2. The van der Waals surface area contributed by atoms with Gasteiger partial charge >= 0.3 is 12.2 Å². The van der Waals surface area contributed by atoms with Gasteiger partial charge in [0.1, 0.15) is 5.69 Å². The molecule has 6 nitrogen and oxygen atoms in total. The Morgan fingerprint density at radius 3 is 2.28 bits per heavy atom. The second-order valence-corrected chi connectivity index (χ2v) is 7.51. The van der Waals surface area contributed by atoms with E-state index in [1.54, 1.807) is 30.6 Å². The number of piperidine rings is 1. The summed E-state index contributed by atoms with van der Waals surface area (Å²) >= 11 is 0. The van der Waals surface area contributed by atoms with E-state index in [0.717, 1.165) is 55.1 Å². The van der Waals surface area contributed by atoms with E-state index in [9.17, 15) is 18.0 Å². The third-order valence-corrected chi connectivity index (χ3v) is 5.20. The third kappa shape index (κ3) is 5.16. The molecule has 3 aromatic rings. The summed E-state index contributed by atoms with van der Waals surface area (Å²) in [7, 11) is 0. The van der Waals surface area contributed by atoms with Crippen LogP contribution in [0.1, 0.15) is 24.8 Å². The summed E-state index contributed by atoms with van der Waals surface area (Å²) in [5, 5.41) is 5.25. The highest BCUT2D eigenvalue weighted by Gasteiger charge is 2.30. The number of nitrogens with zero attached hydrogens (tertiary/aromatic N) is 3. The van der Waals surface area contributed by atoms with E-state index in [1.165, 1.54) is 18.6 Å². The second-order valence-electron chi connectivity index (χ2n) is 7.51. The Bertz CT molecular complexity index is 1080. The average Bonchev–Trinajstić information content (AvgIpc) is 2.79. The summed E-state index contributed by atoms with van der Waals surface area (Å²) in [6.45, 7) is 1.86. The van der Waals surface area contributed by atoms with Crippen molar-refractivity contribution in [2.45, 2.75) is 25.4 Å². The average molecular weight is 441 g/mol. The van der Waals surface area contributed by atoms with Crippen molar-refractivity contribution in [3.63, 3.8) is 0 Å². The quantitative estimate of drug-likeness (QED) is 0.537. The molecule has 4 rings (SSSR count). The number of hydrogen-bond acceptors (Lipinski definition) is 4. The van der Waals surface area contributed by atoms with E-state index in [-0.39, 0.29) is 5.69 Å². The molecule has 2 N–H and O–H groups in total. The smallest absolute Gasteiger partial charge is 0.355 e. The lowest BCUT2D eigenvalue weighted by molar-refractivity contribution is -0.137. The van der Waals surface area contributed by atoms with Crippen LogP contribution in [0.15, 0.2) is 60.9 Å². The first-order valence-corrected chi connectivity index (χ1v) is 10.3. The standard InChI is InChI=1S/C23H22F3N5O/c24-23(25,26)17-7-9-18(10-8-17)29-22(32)30-19-6-4-5-16(15-19)20-21(28-12-11-27-20)31-13-2-1-3-14-31/h4-12,15H,1-3,13-14H2,(H2,29,30,32).